The van der Waals surface area contributed by atoms with E-state index in [0.717, 1.165) is 36.2 Å². The van der Waals surface area contributed by atoms with Crippen LogP contribution in [0.3, 0.4) is 0 Å². The predicted octanol–water partition coefficient (Wildman–Crippen LogP) is 4.39. The highest BCUT2D eigenvalue weighted by atomic mass is 79.9. The molecule has 0 bridgehead atoms. The second-order valence-corrected chi connectivity index (χ2v) is 6.41. The molecule has 21 heavy (non-hydrogen) atoms. The van der Waals surface area contributed by atoms with Crippen LogP contribution >= 0.6 is 27.5 Å². The fourth-order valence-electron chi connectivity index (χ4n) is 2.60. The van der Waals surface area contributed by atoms with Gasteiger partial charge in [0, 0.05) is 48.1 Å². The summed E-state index contributed by atoms with van der Waals surface area (Å²) >= 11 is 9.35. The molecule has 1 atom stereocenters. The fourth-order valence-corrected chi connectivity index (χ4v) is 3.55. The molecular formula is C14H17BrClF3N2. The molecule has 0 unspecified atom stereocenters. The largest absolute Gasteiger partial charge is 0.389 e. The number of benzene rings is 1. The van der Waals surface area contributed by atoms with Crippen LogP contribution in [0.5, 0.6) is 0 Å². The molecule has 1 saturated heterocycles. The topological polar surface area (TPSA) is 15.3 Å². The number of nitrogens with one attached hydrogen (secondary N) is 1. The van der Waals surface area contributed by atoms with Crippen molar-refractivity contribution in [3.63, 3.8) is 0 Å². The zero-order valence-electron chi connectivity index (χ0n) is 11.4. The first-order valence-electron chi connectivity index (χ1n) is 6.83. The Morgan fingerprint density at radius 2 is 1.95 bits per heavy atom. The van der Waals surface area contributed by atoms with Crippen molar-refractivity contribution in [1.29, 1.82) is 0 Å². The summed E-state index contributed by atoms with van der Waals surface area (Å²) in [5.74, 6) is 0. The van der Waals surface area contributed by atoms with E-state index in [2.05, 4.69) is 26.1 Å². The highest BCUT2D eigenvalue weighted by Gasteiger charge is 2.31. The van der Waals surface area contributed by atoms with Gasteiger partial charge in [0.1, 0.15) is 0 Å². The van der Waals surface area contributed by atoms with Crippen LogP contribution in [-0.2, 0) is 0 Å². The molecule has 1 fully saturated rings. The summed E-state index contributed by atoms with van der Waals surface area (Å²) < 4.78 is 38.6. The van der Waals surface area contributed by atoms with Gasteiger partial charge >= 0.3 is 6.18 Å². The Kier molecular flexibility index (Phi) is 5.94. The van der Waals surface area contributed by atoms with E-state index in [-0.39, 0.29) is 12.5 Å². The lowest BCUT2D eigenvalue weighted by atomic mass is 9.99. The third-order valence-corrected chi connectivity index (χ3v) is 4.54. The number of hydrogen-bond donors (Lipinski definition) is 1. The van der Waals surface area contributed by atoms with Gasteiger partial charge in [0.15, 0.2) is 0 Å². The zero-order valence-corrected chi connectivity index (χ0v) is 13.7. The molecule has 1 aliphatic heterocycles. The number of piperazine rings is 1. The maximum atomic E-state index is 12.6. The van der Waals surface area contributed by atoms with E-state index in [0.29, 0.717) is 5.02 Å². The molecule has 0 aliphatic carbocycles. The Morgan fingerprint density at radius 1 is 1.29 bits per heavy atom. The lowest BCUT2D eigenvalue weighted by molar-refractivity contribution is -0.138. The van der Waals surface area contributed by atoms with E-state index < -0.39 is 12.6 Å². The first-order chi connectivity index (χ1) is 9.87. The first kappa shape index (κ1) is 17.1. The third-order valence-electron chi connectivity index (χ3n) is 3.62. The van der Waals surface area contributed by atoms with E-state index >= 15 is 0 Å². The van der Waals surface area contributed by atoms with Crippen LogP contribution in [0.1, 0.15) is 24.4 Å². The maximum absolute atomic E-state index is 12.6. The normalized spacial score (nSPS) is 18.7. The molecule has 2 rings (SSSR count). The Balaban J connectivity index is 2.21. The van der Waals surface area contributed by atoms with Crippen molar-refractivity contribution in [1.82, 2.24) is 10.2 Å². The molecule has 0 spiro atoms. The van der Waals surface area contributed by atoms with Gasteiger partial charge in [-0.15, -0.1) is 0 Å². The molecule has 118 valence electrons. The van der Waals surface area contributed by atoms with Crippen molar-refractivity contribution in [2.24, 2.45) is 0 Å². The second-order valence-electron chi connectivity index (χ2n) is 5.12. The molecule has 1 aromatic carbocycles. The van der Waals surface area contributed by atoms with Gasteiger partial charge < -0.3 is 5.32 Å². The molecule has 0 radical (unpaired) electrons. The minimum Gasteiger partial charge on any atom is -0.314 e. The van der Waals surface area contributed by atoms with E-state index in [1.165, 1.54) is 0 Å². The van der Waals surface area contributed by atoms with Crippen LogP contribution in [-0.4, -0.2) is 37.3 Å². The van der Waals surface area contributed by atoms with Gasteiger partial charge in [-0.1, -0.05) is 33.6 Å². The van der Waals surface area contributed by atoms with Crippen molar-refractivity contribution < 1.29 is 13.2 Å². The SMILES string of the molecule is FC(F)(F)CC[C@H](c1ccc(Cl)cc1Br)N1CCNCC1. The van der Waals surface area contributed by atoms with Gasteiger partial charge in [0.2, 0.25) is 0 Å². The van der Waals surface area contributed by atoms with Gasteiger partial charge in [-0.05, 0) is 24.1 Å². The van der Waals surface area contributed by atoms with Crippen LogP contribution in [0, 0.1) is 0 Å². The molecule has 0 amide bonds. The zero-order chi connectivity index (χ0) is 15.5. The molecule has 1 aromatic rings. The number of alkyl halides is 3. The van der Waals surface area contributed by atoms with Crippen molar-refractivity contribution in [3.05, 3.63) is 33.3 Å². The molecule has 1 heterocycles. The Labute approximate surface area is 135 Å². The van der Waals surface area contributed by atoms with E-state index in [9.17, 15) is 13.2 Å². The Hall–Kier alpha value is -0.300. The third kappa shape index (κ3) is 5.13. The summed E-state index contributed by atoms with van der Waals surface area (Å²) in [6.07, 6.45) is -4.86. The highest BCUT2D eigenvalue weighted by Crippen LogP contribution is 2.36. The molecule has 1 N–H and O–H groups in total. The van der Waals surface area contributed by atoms with Crippen molar-refractivity contribution >= 4 is 27.5 Å². The molecule has 1 aliphatic rings. The molecular weight excluding hydrogens is 369 g/mol. The number of hydrogen-bond acceptors (Lipinski definition) is 2. The number of halogens is 5. The smallest absolute Gasteiger partial charge is 0.314 e. The molecule has 7 heteroatoms. The van der Waals surface area contributed by atoms with Crippen molar-refractivity contribution in [2.75, 3.05) is 26.2 Å². The summed E-state index contributed by atoms with van der Waals surface area (Å²) in [5.41, 5.74) is 0.866. The quantitative estimate of drug-likeness (QED) is 0.827. The van der Waals surface area contributed by atoms with Crippen LogP contribution in [0.4, 0.5) is 13.2 Å². The fraction of sp³-hybridized carbons (Fsp3) is 0.571. The average Bonchev–Trinajstić information content (AvgIpc) is 2.41. The summed E-state index contributed by atoms with van der Waals surface area (Å²) in [4.78, 5) is 2.11. The lowest BCUT2D eigenvalue weighted by Crippen LogP contribution is -2.45. The van der Waals surface area contributed by atoms with Gasteiger partial charge in [-0.3, -0.25) is 4.90 Å². The van der Waals surface area contributed by atoms with Crippen LogP contribution in [0.2, 0.25) is 5.02 Å². The minimum absolute atomic E-state index is 0.0593. The van der Waals surface area contributed by atoms with E-state index in [4.69, 9.17) is 11.6 Å². The van der Waals surface area contributed by atoms with Crippen LogP contribution in [0.15, 0.2) is 22.7 Å². The van der Waals surface area contributed by atoms with Gasteiger partial charge in [0.25, 0.3) is 0 Å². The number of nitrogens with zero attached hydrogens (tertiary/aromatic N) is 1. The monoisotopic (exact) mass is 384 g/mol. The maximum Gasteiger partial charge on any atom is 0.389 e. The van der Waals surface area contributed by atoms with E-state index in [1.807, 2.05) is 6.07 Å². The van der Waals surface area contributed by atoms with Gasteiger partial charge in [-0.2, -0.15) is 13.2 Å². The minimum atomic E-state index is -4.13. The Morgan fingerprint density at radius 3 is 2.52 bits per heavy atom. The highest BCUT2D eigenvalue weighted by molar-refractivity contribution is 9.10. The van der Waals surface area contributed by atoms with Gasteiger partial charge in [0.05, 0.1) is 0 Å². The van der Waals surface area contributed by atoms with Crippen molar-refractivity contribution in [2.45, 2.75) is 25.1 Å². The van der Waals surface area contributed by atoms with Crippen LogP contribution < -0.4 is 5.32 Å². The predicted molar refractivity (Wildman–Crippen MR) is 81.6 cm³/mol. The summed E-state index contributed by atoms with van der Waals surface area (Å²) in [7, 11) is 0. The number of rotatable bonds is 4. The summed E-state index contributed by atoms with van der Waals surface area (Å²) in [5, 5.41) is 3.79. The molecule has 2 nitrogen and oxygen atoms in total. The van der Waals surface area contributed by atoms with Gasteiger partial charge in [-0.25, -0.2) is 0 Å². The van der Waals surface area contributed by atoms with Crippen LogP contribution in [0.25, 0.3) is 0 Å². The summed E-state index contributed by atoms with van der Waals surface area (Å²) in [6.45, 7) is 3.09. The second kappa shape index (κ2) is 7.31. The average molecular weight is 386 g/mol. The Bertz CT molecular complexity index is 476. The van der Waals surface area contributed by atoms with E-state index in [1.54, 1.807) is 12.1 Å². The standard InChI is InChI=1S/C14H17BrClF3N2/c15-12-9-10(16)1-2-11(12)13(3-4-14(17,18)19)21-7-5-20-6-8-21/h1-2,9,13,20H,3-8H2/t13-/m1/s1. The molecule has 0 aromatic heterocycles. The lowest BCUT2D eigenvalue weighted by Gasteiger charge is -2.36. The molecule has 0 saturated carbocycles. The first-order valence-corrected chi connectivity index (χ1v) is 8.00. The van der Waals surface area contributed by atoms with Crippen molar-refractivity contribution in [3.8, 4) is 0 Å². The summed E-state index contributed by atoms with van der Waals surface area (Å²) in [6, 6.07) is 5.03.